The smallest absolute Gasteiger partial charge is 0.232 e. The van der Waals surface area contributed by atoms with Crippen molar-refractivity contribution in [3.8, 4) is 0 Å². The molecule has 11 nitrogen and oxygen atoms in total. The Morgan fingerprint density at radius 1 is 0.619 bits per heavy atom. The van der Waals surface area contributed by atoms with Crippen molar-refractivity contribution in [3.05, 3.63) is 0 Å². The standard InChI is InChI=1S/C10H16O11/c11-1-3(13)5(15)6(16)7(17)9(19)10(20,21)8(18)4(14)2-12/h3-9,13-21H. The maximum atomic E-state index is 10.1. The average molecular weight is 312 g/mol. The number of carbonyl (C=O) groups excluding carboxylic acids is 2. The van der Waals surface area contributed by atoms with Crippen molar-refractivity contribution in [2.24, 2.45) is 0 Å². The minimum absolute atomic E-state index is 0.784. The van der Waals surface area contributed by atoms with Crippen LogP contribution in [0, 0.1) is 0 Å². The molecule has 0 saturated carbocycles. The van der Waals surface area contributed by atoms with Crippen molar-refractivity contribution < 1.29 is 55.5 Å². The van der Waals surface area contributed by atoms with Crippen LogP contribution >= 0.6 is 0 Å². The zero-order valence-corrected chi connectivity index (χ0v) is 10.4. The summed E-state index contributed by atoms with van der Waals surface area (Å²) in [6, 6.07) is 0. The monoisotopic (exact) mass is 312 g/mol. The number of aliphatic hydroxyl groups excluding tert-OH is 7. The van der Waals surface area contributed by atoms with Crippen LogP contribution in [0.15, 0.2) is 0 Å². The highest BCUT2D eigenvalue weighted by molar-refractivity contribution is 5.58. The SMILES string of the molecule is O=[C]C(O)C(O)C(O)C(O)C(O)C(O)(O)C(O)C(O)[C]=O. The van der Waals surface area contributed by atoms with Crippen molar-refractivity contribution in [1.82, 2.24) is 0 Å². The minimum Gasteiger partial charge on any atom is -0.387 e. The van der Waals surface area contributed by atoms with Gasteiger partial charge in [0.2, 0.25) is 18.4 Å². The number of aliphatic hydroxyl groups is 9. The molecule has 0 spiro atoms. The van der Waals surface area contributed by atoms with Gasteiger partial charge in [-0.25, -0.2) is 0 Å². The molecule has 0 aliphatic rings. The molecular weight excluding hydrogens is 296 g/mol. The van der Waals surface area contributed by atoms with Gasteiger partial charge in [0.05, 0.1) is 0 Å². The minimum atomic E-state index is -3.69. The highest BCUT2D eigenvalue weighted by atomic mass is 16.6. The summed E-state index contributed by atoms with van der Waals surface area (Å²) in [6.45, 7) is 0. The Morgan fingerprint density at radius 2 is 1.05 bits per heavy atom. The van der Waals surface area contributed by atoms with Crippen LogP contribution in [0.2, 0.25) is 0 Å². The summed E-state index contributed by atoms with van der Waals surface area (Å²) >= 11 is 0. The van der Waals surface area contributed by atoms with Gasteiger partial charge < -0.3 is 46.0 Å². The van der Waals surface area contributed by atoms with E-state index in [1.165, 1.54) is 0 Å². The van der Waals surface area contributed by atoms with Crippen molar-refractivity contribution in [2.75, 3.05) is 0 Å². The first-order chi connectivity index (χ1) is 9.52. The quantitative estimate of drug-likeness (QED) is 0.182. The van der Waals surface area contributed by atoms with E-state index < -0.39 is 48.5 Å². The van der Waals surface area contributed by atoms with Gasteiger partial charge in [-0.2, -0.15) is 0 Å². The molecule has 0 aromatic rings. The van der Waals surface area contributed by atoms with Gasteiger partial charge in [0.25, 0.3) is 0 Å². The first-order valence-corrected chi connectivity index (χ1v) is 5.48. The molecule has 0 heterocycles. The van der Waals surface area contributed by atoms with Crippen molar-refractivity contribution in [3.63, 3.8) is 0 Å². The Balaban J connectivity index is 5.08. The summed E-state index contributed by atoms with van der Waals surface area (Å²) in [5.41, 5.74) is 0. The number of hydrogen-bond donors (Lipinski definition) is 9. The summed E-state index contributed by atoms with van der Waals surface area (Å²) in [4.78, 5) is 20.2. The number of hydrogen-bond acceptors (Lipinski definition) is 11. The Kier molecular flexibility index (Phi) is 7.46. The van der Waals surface area contributed by atoms with Gasteiger partial charge in [0, 0.05) is 0 Å². The third kappa shape index (κ3) is 4.47. The van der Waals surface area contributed by atoms with Crippen molar-refractivity contribution in [1.29, 1.82) is 0 Å². The van der Waals surface area contributed by atoms with Crippen LogP contribution in [0.1, 0.15) is 0 Å². The molecule has 0 aromatic heterocycles. The van der Waals surface area contributed by atoms with E-state index in [2.05, 4.69) is 0 Å². The largest absolute Gasteiger partial charge is 0.387 e. The van der Waals surface area contributed by atoms with E-state index in [0.717, 1.165) is 12.6 Å². The van der Waals surface area contributed by atoms with Crippen LogP contribution in [0.5, 0.6) is 0 Å². The summed E-state index contributed by atoms with van der Waals surface area (Å²) in [6.07, 6.45) is -16.0. The molecule has 11 heteroatoms. The lowest BCUT2D eigenvalue weighted by atomic mass is 9.90. The first-order valence-electron chi connectivity index (χ1n) is 5.48. The van der Waals surface area contributed by atoms with Gasteiger partial charge in [-0.3, -0.25) is 9.59 Å². The predicted octanol–water partition coefficient (Wildman–Crippen LogP) is -6.59. The average Bonchev–Trinajstić information content (AvgIpc) is 2.48. The molecule has 0 aliphatic carbocycles. The summed E-state index contributed by atoms with van der Waals surface area (Å²) in [5.74, 6) is -3.69. The topological polar surface area (TPSA) is 216 Å². The first kappa shape index (κ1) is 20.0. The van der Waals surface area contributed by atoms with Gasteiger partial charge in [-0.1, -0.05) is 0 Å². The Labute approximate surface area is 117 Å². The second kappa shape index (κ2) is 7.84. The van der Waals surface area contributed by atoms with Gasteiger partial charge in [-0.05, 0) is 0 Å². The van der Waals surface area contributed by atoms with E-state index in [1.807, 2.05) is 0 Å². The van der Waals surface area contributed by atoms with Crippen LogP contribution in [-0.2, 0) is 9.59 Å². The molecule has 2 radical (unpaired) electrons. The van der Waals surface area contributed by atoms with Crippen molar-refractivity contribution in [2.45, 2.75) is 48.5 Å². The molecule has 0 aliphatic heterocycles. The fourth-order valence-electron chi connectivity index (χ4n) is 1.37. The van der Waals surface area contributed by atoms with E-state index in [0.29, 0.717) is 0 Å². The van der Waals surface area contributed by atoms with E-state index in [9.17, 15) is 45.3 Å². The molecule has 0 amide bonds. The van der Waals surface area contributed by atoms with Gasteiger partial charge in [0.1, 0.15) is 36.6 Å². The van der Waals surface area contributed by atoms with Gasteiger partial charge in [-0.15, -0.1) is 0 Å². The molecule has 7 atom stereocenters. The van der Waals surface area contributed by atoms with Crippen LogP contribution < -0.4 is 0 Å². The Bertz CT molecular complexity index is 346. The van der Waals surface area contributed by atoms with E-state index >= 15 is 0 Å². The lowest BCUT2D eigenvalue weighted by Crippen LogP contribution is -2.64. The van der Waals surface area contributed by atoms with E-state index in [-0.39, 0.29) is 0 Å². The van der Waals surface area contributed by atoms with Crippen LogP contribution in [0.3, 0.4) is 0 Å². The zero-order chi connectivity index (χ0) is 17.0. The normalized spacial score (nSPS) is 22.5. The van der Waals surface area contributed by atoms with Crippen LogP contribution in [0.25, 0.3) is 0 Å². The predicted molar refractivity (Wildman–Crippen MR) is 60.6 cm³/mol. The molecule has 122 valence electrons. The molecule has 0 saturated heterocycles. The lowest BCUT2D eigenvalue weighted by molar-refractivity contribution is -0.308. The second-order valence-electron chi connectivity index (χ2n) is 4.27. The molecule has 0 aromatic carbocycles. The zero-order valence-electron chi connectivity index (χ0n) is 10.4. The molecule has 0 rings (SSSR count). The van der Waals surface area contributed by atoms with E-state index in [1.54, 1.807) is 0 Å². The van der Waals surface area contributed by atoms with Gasteiger partial charge in [0.15, 0.2) is 6.10 Å². The third-order valence-electron chi connectivity index (χ3n) is 2.76. The summed E-state index contributed by atoms with van der Waals surface area (Å²) in [5, 5.41) is 83.1. The van der Waals surface area contributed by atoms with E-state index in [4.69, 9.17) is 10.2 Å². The fourth-order valence-corrected chi connectivity index (χ4v) is 1.37. The summed E-state index contributed by atoms with van der Waals surface area (Å²) in [7, 11) is 0. The third-order valence-corrected chi connectivity index (χ3v) is 2.76. The molecule has 9 N–H and O–H groups in total. The maximum absolute atomic E-state index is 10.1. The maximum Gasteiger partial charge on any atom is 0.232 e. The molecular formula is C10H16O11. The highest BCUT2D eigenvalue weighted by Crippen LogP contribution is 2.21. The van der Waals surface area contributed by atoms with Crippen molar-refractivity contribution >= 4 is 12.6 Å². The summed E-state index contributed by atoms with van der Waals surface area (Å²) < 4.78 is 0. The highest BCUT2D eigenvalue weighted by Gasteiger charge is 2.50. The lowest BCUT2D eigenvalue weighted by Gasteiger charge is -2.37. The van der Waals surface area contributed by atoms with Crippen LogP contribution in [-0.4, -0.2) is 107 Å². The number of rotatable bonds is 9. The molecule has 21 heavy (non-hydrogen) atoms. The Hall–Kier alpha value is -1.02. The molecule has 7 unspecified atom stereocenters. The second-order valence-corrected chi connectivity index (χ2v) is 4.27. The van der Waals surface area contributed by atoms with Crippen LogP contribution in [0.4, 0.5) is 0 Å². The van der Waals surface area contributed by atoms with Gasteiger partial charge >= 0.3 is 0 Å². The fraction of sp³-hybridized carbons (Fsp3) is 0.800. The molecule has 0 fully saturated rings. The molecule has 0 bridgehead atoms. The Morgan fingerprint density at radius 3 is 1.43 bits per heavy atom.